The Morgan fingerprint density at radius 2 is 1.43 bits per heavy atom. The van der Waals surface area contributed by atoms with Crippen molar-refractivity contribution in [3.63, 3.8) is 0 Å². The molecule has 0 saturated carbocycles. The van der Waals surface area contributed by atoms with Gasteiger partial charge in [0.15, 0.2) is 17.3 Å². The number of anilines is 1. The molecule has 0 bridgehead atoms. The van der Waals surface area contributed by atoms with Crippen LogP contribution in [0.5, 0.6) is 23.0 Å². The van der Waals surface area contributed by atoms with Gasteiger partial charge in [-0.2, -0.15) is 0 Å². The first-order valence-electron chi connectivity index (χ1n) is 10.7. The van der Waals surface area contributed by atoms with Crippen molar-refractivity contribution in [2.45, 2.75) is 6.92 Å². The smallest absolute Gasteiger partial charge is 0.255 e. The molecule has 35 heavy (non-hydrogen) atoms. The first-order valence-corrected chi connectivity index (χ1v) is 10.7. The fraction of sp³-hybridized carbons (Fsp3) is 0.185. The lowest BCUT2D eigenvalue weighted by Crippen LogP contribution is -2.12. The van der Waals surface area contributed by atoms with E-state index >= 15 is 0 Å². The number of benzene rings is 3. The summed E-state index contributed by atoms with van der Waals surface area (Å²) in [7, 11) is 6.03. The van der Waals surface area contributed by atoms with Crippen LogP contribution in [0.2, 0.25) is 0 Å². The van der Waals surface area contributed by atoms with Crippen molar-refractivity contribution < 1.29 is 33.0 Å². The second kappa shape index (κ2) is 9.80. The van der Waals surface area contributed by atoms with E-state index in [0.29, 0.717) is 51.0 Å². The maximum Gasteiger partial charge on any atom is 0.255 e. The number of fused-ring (bicyclic) bond motifs is 1. The topological polar surface area (TPSA) is 96.2 Å². The van der Waals surface area contributed by atoms with Crippen molar-refractivity contribution in [2.24, 2.45) is 0 Å². The van der Waals surface area contributed by atoms with Crippen molar-refractivity contribution in [1.29, 1.82) is 0 Å². The summed E-state index contributed by atoms with van der Waals surface area (Å²) >= 11 is 0. The highest BCUT2D eigenvalue weighted by Gasteiger charge is 2.21. The van der Waals surface area contributed by atoms with Crippen LogP contribution in [0.3, 0.4) is 0 Å². The molecule has 0 aliphatic rings. The fourth-order valence-corrected chi connectivity index (χ4v) is 3.80. The van der Waals surface area contributed by atoms with E-state index in [9.17, 15) is 9.59 Å². The lowest BCUT2D eigenvalue weighted by molar-refractivity contribution is 0.101. The van der Waals surface area contributed by atoms with Gasteiger partial charge in [0.25, 0.3) is 5.91 Å². The zero-order chi connectivity index (χ0) is 25.1. The molecular weight excluding hydrogens is 450 g/mol. The number of furan rings is 1. The van der Waals surface area contributed by atoms with Crippen molar-refractivity contribution >= 4 is 28.3 Å². The van der Waals surface area contributed by atoms with Gasteiger partial charge < -0.3 is 28.7 Å². The minimum absolute atomic E-state index is 0.232. The number of rotatable bonds is 8. The van der Waals surface area contributed by atoms with Gasteiger partial charge in [-0.3, -0.25) is 9.59 Å². The summed E-state index contributed by atoms with van der Waals surface area (Å²) in [5.74, 6) is 1.47. The van der Waals surface area contributed by atoms with Gasteiger partial charge in [-0.1, -0.05) is 0 Å². The Kier molecular flexibility index (Phi) is 6.64. The van der Waals surface area contributed by atoms with E-state index in [-0.39, 0.29) is 17.5 Å². The normalized spacial score (nSPS) is 10.7. The number of hydrogen-bond acceptors (Lipinski definition) is 7. The fourth-order valence-electron chi connectivity index (χ4n) is 3.80. The monoisotopic (exact) mass is 475 g/mol. The Hall–Kier alpha value is -4.46. The summed E-state index contributed by atoms with van der Waals surface area (Å²) in [5, 5.41) is 3.60. The molecule has 180 valence electrons. The number of amides is 1. The van der Waals surface area contributed by atoms with Crippen LogP contribution in [0.15, 0.2) is 59.0 Å². The highest BCUT2D eigenvalue weighted by molar-refractivity contribution is 6.11. The van der Waals surface area contributed by atoms with E-state index < -0.39 is 0 Å². The Morgan fingerprint density at radius 1 is 0.771 bits per heavy atom. The molecule has 1 aromatic heterocycles. The minimum Gasteiger partial charge on any atom is -0.497 e. The SMILES string of the molecule is COc1ccc(C(=O)c2oc3ccc(NC(=O)c4cc(OC)c(OC)c(OC)c4)cc3c2C)cc1. The number of nitrogens with one attached hydrogen (secondary N) is 1. The van der Waals surface area contributed by atoms with E-state index in [4.69, 9.17) is 23.4 Å². The van der Waals surface area contributed by atoms with Gasteiger partial charge in [0.05, 0.1) is 28.4 Å². The minimum atomic E-state index is -0.362. The quantitative estimate of drug-likeness (QED) is 0.347. The molecular formula is C27H25NO7. The highest BCUT2D eigenvalue weighted by atomic mass is 16.5. The van der Waals surface area contributed by atoms with Gasteiger partial charge in [0, 0.05) is 27.8 Å². The number of carbonyl (C=O) groups excluding carboxylic acids is 2. The molecule has 8 nitrogen and oxygen atoms in total. The van der Waals surface area contributed by atoms with Gasteiger partial charge in [-0.15, -0.1) is 0 Å². The lowest BCUT2D eigenvalue weighted by atomic mass is 10.0. The molecule has 4 aromatic rings. The molecule has 0 aliphatic carbocycles. The maximum atomic E-state index is 13.0. The van der Waals surface area contributed by atoms with Crippen LogP contribution in [-0.2, 0) is 0 Å². The average molecular weight is 475 g/mol. The highest BCUT2D eigenvalue weighted by Crippen LogP contribution is 2.38. The Balaban J connectivity index is 1.62. The summed E-state index contributed by atoms with van der Waals surface area (Å²) in [4.78, 5) is 26.0. The Morgan fingerprint density at radius 3 is 2.00 bits per heavy atom. The van der Waals surface area contributed by atoms with Crippen molar-refractivity contribution in [2.75, 3.05) is 33.8 Å². The van der Waals surface area contributed by atoms with Crippen LogP contribution in [0, 0.1) is 6.92 Å². The number of methoxy groups -OCH3 is 4. The summed E-state index contributed by atoms with van der Waals surface area (Å²) in [5.41, 5.74) is 2.60. The van der Waals surface area contributed by atoms with Gasteiger partial charge in [-0.05, 0) is 61.5 Å². The standard InChI is InChI=1S/C27H25NO7/c1-15-20-14-18(28-27(30)17-12-22(32-3)26(34-5)23(13-17)33-4)8-11-21(20)35-25(15)24(29)16-6-9-19(31-2)10-7-16/h6-14H,1-5H3,(H,28,30). The summed E-state index contributed by atoms with van der Waals surface area (Å²) in [6, 6.07) is 15.2. The molecule has 0 spiro atoms. The molecule has 1 N–H and O–H groups in total. The molecule has 0 atom stereocenters. The molecule has 0 saturated heterocycles. The van der Waals surface area contributed by atoms with Crippen LogP contribution in [0.25, 0.3) is 11.0 Å². The van der Waals surface area contributed by atoms with E-state index in [0.717, 1.165) is 5.39 Å². The zero-order valence-corrected chi connectivity index (χ0v) is 20.1. The number of hydrogen-bond donors (Lipinski definition) is 1. The van der Waals surface area contributed by atoms with Gasteiger partial charge in [0.1, 0.15) is 11.3 Å². The second-order valence-electron chi connectivity index (χ2n) is 7.69. The molecule has 3 aromatic carbocycles. The number of ketones is 1. The number of aryl methyl sites for hydroxylation is 1. The zero-order valence-electron chi connectivity index (χ0n) is 20.1. The summed E-state index contributed by atoms with van der Waals surface area (Å²) < 4.78 is 27.0. The first-order chi connectivity index (χ1) is 16.9. The van der Waals surface area contributed by atoms with Crippen LogP contribution in [-0.4, -0.2) is 40.1 Å². The molecule has 0 fully saturated rings. The van der Waals surface area contributed by atoms with Gasteiger partial charge in [0.2, 0.25) is 11.5 Å². The summed E-state index contributed by atoms with van der Waals surface area (Å²) in [6.07, 6.45) is 0. The van der Waals surface area contributed by atoms with E-state index in [1.165, 1.54) is 21.3 Å². The maximum absolute atomic E-state index is 13.0. The number of carbonyl (C=O) groups is 2. The van der Waals surface area contributed by atoms with Crippen LogP contribution in [0.1, 0.15) is 32.0 Å². The third kappa shape index (κ3) is 4.50. The lowest BCUT2D eigenvalue weighted by Gasteiger charge is -2.14. The van der Waals surface area contributed by atoms with Gasteiger partial charge in [-0.25, -0.2) is 0 Å². The van der Waals surface area contributed by atoms with E-state index in [2.05, 4.69) is 5.32 Å². The molecule has 0 aliphatic heterocycles. The predicted molar refractivity (Wildman–Crippen MR) is 131 cm³/mol. The van der Waals surface area contributed by atoms with Crippen molar-refractivity contribution in [1.82, 2.24) is 0 Å². The molecule has 0 radical (unpaired) electrons. The van der Waals surface area contributed by atoms with E-state index in [1.54, 1.807) is 61.7 Å². The third-order valence-electron chi connectivity index (χ3n) is 5.68. The Labute approximate surface area is 202 Å². The second-order valence-corrected chi connectivity index (χ2v) is 7.69. The summed E-state index contributed by atoms with van der Waals surface area (Å²) in [6.45, 7) is 1.81. The molecule has 4 rings (SSSR count). The van der Waals surface area contributed by atoms with Gasteiger partial charge >= 0.3 is 0 Å². The largest absolute Gasteiger partial charge is 0.497 e. The van der Waals surface area contributed by atoms with Crippen LogP contribution >= 0.6 is 0 Å². The third-order valence-corrected chi connectivity index (χ3v) is 5.68. The average Bonchev–Trinajstić information content (AvgIpc) is 3.22. The van der Waals surface area contributed by atoms with E-state index in [1.807, 2.05) is 6.92 Å². The first kappa shape index (κ1) is 23.7. The molecule has 0 unspecified atom stereocenters. The Bertz CT molecular complexity index is 1380. The van der Waals surface area contributed by atoms with Crippen LogP contribution < -0.4 is 24.3 Å². The van der Waals surface area contributed by atoms with Crippen molar-refractivity contribution in [3.05, 3.63) is 77.0 Å². The predicted octanol–water partition coefficient (Wildman–Crippen LogP) is 5.26. The molecule has 1 amide bonds. The number of ether oxygens (including phenoxy) is 4. The molecule has 1 heterocycles. The van der Waals surface area contributed by atoms with Crippen molar-refractivity contribution in [3.8, 4) is 23.0 Å². The van der Waals surface area contributed by atoms with Crippen LogP contribution in [0.4, 0.5) is 5.69 Å². The molecule has 8 heteroatoms.